The number of amides is 3. The summed E-state index contributed by atoms with van der Waals surface area (Å²) in [4.78, 5) is 49.9. The number of para-hydroxylation sites is 1. The van der Waals surface area contributed by atoms with Gasteiger partial charge in [0, 0.05) is 19.5 Å². The van der Waals surface area contributed by atoms with Gasteiger partial charge in [-0.25, -0.2) is 0 Å². The average Bonchev–Trinajstić information content (AvgIpc) is 2.89. The van der Waals surface area contributed by atoms with E-state index < -0.39 is 18.5 Å². The van der Waals surface area contributed by atoms with Crippen LogP contribution in [0.2, 0.25) is 0 Å². The van der Waals surface area contributed by atoms with Gasteiger partial charge in [-0.15, -0.1) is 0 Å². The predicted octanol–water partition coefficient (Wildman–Crippen LogP) is 1.96. The Morgan fingerprint density at radius 1 is 1.14 bits per heavy atom. The maximum Gasteiger partial charge on any atom is 0.326 e. The van der Waals surface area contributed by atoms with Crippen molar-refractivity contribution in [1.29, 1.82) is 0 Å². The van der Waals surface area contributed by atoms with Crippen LogP contribution in [0.1, 0.15) is 49.9 Å². The second kappa shape index (κ2) is 11.2. The number of hydrogen-bond donors (Lipinski definition) is 2. The maximum atomic E-state index is 12.3. The minimum Gasteiger partial charge on any atom is -0.454 e. The second-order valence-corrected chi connectivity index (χ2v) is 7.48. The minimum atomic E-state index is -0.627. The molecule has 0 bridgehead atoms. The molecule has 1 aliphatic rings. The fraction of sp³-hybridized carbons (Fsp3) is 0.524. The first kappa shape index (κ1) is 22.4. The van der Waals surface area contributed by atoms with Crippen molar-refractivity contribution in [3.05, 3.63) is 29.8 Å². The van der Waals surface area contributed by atoms with Crippen molar-refractivity contribution >= 4 is 29.4 Å². The fourth-order valence-corrected chi connectivity index (χ4v) is 2.92. The van der Waals surface area contributed by atoms with Gasteiger partial charge in [0.1, 0.15) is 6.54 Å². The van der Waals surface area contributed by atoms with Gasteiger partial charge >= 0.3 is 5.97 Å². The number of hydrogen-bond acceptors (Lipinski definition) is 5. The molecule has 1 fully saturated rings. The summed E-state index contributed by atoms with van der Waals surface area (Å²) in [7, 11) is 0. The van der Waals surface area contributed by atoms with Gasteiger partial charge in [0.05, 0.1) is 11.3 Å². The predicted molar refractivity (Wildman–Crippen MR) is 108 cm³/mol. The highest BCUT2D eigenvalue weighted by atomic mass is 16.5. The van der Waals surface area contributed by atoms with Crippen molar-refractivity contribution in [2.45, 2.75) is 39.5 Å². The molecule has 2 N–H and O–H groups in total. The number of carbonyl (C=O) groups excluding carboxylic acids is 4. The molecule has 1 heterocycles. The second-order valence-electron chi connectivity index (χ2n) is 7.48. The molecule has 8 heteroatoms. The third kappa shape index (κ3) is 7.56. The highest BCUT2D eigenvalue weighted by Crippen LogP contribution is 2.15. The van der Waals surface area contributed by atoms with E-state index >= 15 is 0 Å². The Hall–Kier alpha value is -2.90. The van der Waals surface area contributed by atoms with E-state index in [1.807, 2.05) is 13.8 Å². The fourth-order valence-electron chi connectivity index (χ4n) is 2.92. The van der Waals surface area contributed by atoms with Gasteiger partial charge in [-0.2, -0.15) is 0 Å². The first-order valence-electron chi connectivity index (χ1n) is 9.97. The van der Waals surface area contributed by atoms with E-state index in [1.54, 1.807) is 24.3 Å². The lowest BCUT2D eigenvalue weighted by Crippen LogP contribution is -2.36. The van der Waals surface area contributed by atoms with Crippen LogP contribution in [-0.4, -0.2) is 54.8 Å². The van der Waals surface area contributed by atoms with E-state index in [2.05, 4.69) is 10.6 Å². The minimum absolute atomic E-state index is 0.0646. The third-order valence-electron chi connectivity index (χ3n) is 4.47. The van der Waals surface area contributed by atoms with Crippen LogP contribution in [0.25, 0.3) is 0 Å². The number of rotatable bonds is 8. The number of nitrogens with one attached hydrogen (secondary N) is 2. The van der Waals surface area contributed by atoms with Crippen LogP contribution in [0.4, 0.5) is 5.69 Å². The topological polar surface area (TPSA) is 105 Å². The summed E-state index contributed by atoms with van der Waals surface area (Å²) >= 11 is 0. The molecule has 1 aliphatic heterocycles. The van der Waals surface area contributed by atoms with Crippen LogP contribution in [-0.2, 0) is 19.1 Å². The molecule has 0 unspecified atom stereocenters. The Bertz CT molecular complexity index is 748. The van der Waals surface area contributed by atoms with Crippen LogP contribution < -0.4 is 10.6 Å². The van der Waals surface area contributed by atoms with Gasteiger partial charge in [-0.1, -0.05) is 32.4 Å². The van der Waals surface area contributed by atoms with Crippen molar-refractivity contribution in [2.75, 3.05) is 31.6 Å². The maximum absolute atomic E-state index is 12.3. The normalized spacial score (nSPS) is 14.3. The molecule has 0 radical (unpaired) electrons. The third-order valence-corrected chi connectivity index (χ3v) is 4.47. The van der Waals surface area contributed by atoms with Gasteiger partial charge in [0.2, 0.25) is 5.91 Å². The number of anilines is 1. The van der Waals surface area contributed by atoms with E-state index in [4.69, 9.17) is 4.74 Å². The molecule has 0 spiro atoms. The molecule has 2 rings (SSSR count). The molecule has 0 aliphatic carbocycles. The zero-order chi connectivity index (χ0) is 21.2. The van der Waals surface area contributed by atoms with Crippen molar-refractivity contribution in [1.82, 2.24) is 10.2 Å². The Labute approximate surface area is 171 Å². The summed E-state index contributed by atoms with van der Waals surface area (Å²) < 4.78 is 5.00. The molecule has 8 nitrogen and oxygen atoms in total. The largest absolute Gasteiger partial charge is 0.454 e. The van der Waals surface area contributed by atoms with Crippen LogP contribution in [0.5, 0.6) is 0 Å². The lowest BCUT2D eigenvalue weighted by molar-refractivity contribution is -0.151. The van der Waals surface area contributed by atoms with Gasteiger partial charge < -0.3 is 20.3 Å². The van der Waals surface area contributed by atoms with Crippen LogP contribution >= 0.6 is 0 Å². The SMILES string of the molecule is CC(C)CNC(=O)c1ccccc1NC(=O)COC(=O)CN1CCCCCC1=O. The number of benzene rings is 1. The summed E-state index contributed by atoms with van der Waals surface area (Å²) in [5, 5.41) is 5.40. The van der Waals surface area contributed by atoms with Gasteiger partial charge in [0.25, 0.3) is 11.8 Å². The van der Waals surface area contributed by atoms with Crippen molar-refractivity contribution in [3.63, 3.8) is 0 Å². The molecule has 1 aromatic carbocycles. The lowest BCUT2D eigenvalue weighted by atomic mass is 10.1. The molecule has 1 saturated heterocycles. The molecule has 1 aromatic rings. The van der Waals surface area contributed by atoms with Gasteiger partial charge in [-0.05, 0) is 30.9 Å². The Morgan fingerprint density at radius 3 is 2.66 bits per heavy atom. The highest BCUT2D eigenvalue weighted by molar-refractivity contribution is 6.04. The van der Waals surface area contributed by atoms with E-state index in [1.165, 1.54) is 4.90 Å². The number of carbonyl (C=O) groups is 4. The summed E-state index contributed by atoms with van der Waals surface area (Å²) in [6, 6.07) is 6.63. The van der Waals surface area contributed by atoms with Crippen LogP contribution in [0.15, 0.2) is 24.3 Å². The number of likely N-dealkylation sites (tertiary alicyclic amines) is 1. The van der Waals surface area contributed by atoms with Gasteiger partial charge in [0.15, 0.2) is 6.61 Å². The molecule has 0 atom stereocenters. The summed E-state index contributed by atoms with van der Waals surface area (Å²) in [5.74, 6) is -1.23. The molecular formula is C21H29N3O5. The first-order valence-corrected chi connectivity index (χ1v) is 9.97. The van der Waals surface area contributed by atoms with Crippen LogP contribution in [0, 0.1) is 5.92 Å². The van der Waals surface area contributed by atoms with Crippen molar-refractivity contribution < 1.29 is 23.9 Å². The number of esters is 1. The molecule has 29 heavy (non-hydrogen) atoms. The van der Waals surface area contributed by atoms with E-state index in [0.29, 0.717) is 36.7 Å². The Morgan fingerprint density at radius 2 is 1.90 bits per heavy atom. The first-order chi connectivity index (χ1) is 13.9. The summed E-state index contributed by atoms with van der Waals surface area (Å²) in [5.41, 5.74) is 0.681. The quantitative estimate of drug-likeness (QED) is 0.646. The zero-order valence-electron chi connectivity index (χ0n) is 17.0. The van der Waals surface area contributed by atoms with Crippen LogP contribution in [0.3, 0.4) is 0 Å². The Kier molecular flexibility index (Phi) is 8.64. The highest BCUT2D eigenvalue weighted by Gasteiger charge is 2.20. The molecule has 0 saturated carbocycles. The number of nitrogens with zero attached hydrogens (tertiary/aromatic N) is 1. The average molecular weight is 403 g/mol. The lowest BCUT2D eigenvalue weighted by Gasteiger charge is -2.19. The van der Waals surface area contributed by atoms with E-state index in [9.17, 15) is 19.2 Å². The van der Waals surface area contributed by atoms with E-state index in [-0.39, 0.29) is 18.4 Å². The molecule has 158 valence electrons. The molecule has 3 amide bonds. The standard InChI is InChI=1S/C21H29N3O5/c1-15(2)12-22-21(28)16-8-5-6-9-17(16)23-18(25)14-29-20(27)13-24-11-7-3-4-10-19(24)26/h5-6,8-9,15H,3-4,7,10-14H2,1-2H3,(H,22,28)(H,23,25). The summed E-state index contributed by atoms with van der Waals surface area (Å²) in [6.07, 6.45) is 3.08. The number of ether oxygens (including phenoxy) is 1. The van der Waals surface area contributed by atoms with E-state index in [0.717, 1.165) is 19.3 Å². The molecular weight excluding hydrogens is 374 g/mol. The Balaban J connectivity index is 1.85. The van der Waals surface area contributed by atoms with Crippen molar-refractivity contribution in [3.8, 4) is 0 Å². The zero-order valence-corrected chi connectivity index (χ0v) is 17.0. The smallest absolute Gasteiger partial charge is 0.326 e. The molecule has 0 aromatic heterocycles. The van der Waals surface area contributed by atoms with Crippen molar-refractivity contribution in [2.24, 2.45) is 5.92 Å². The summed E-state index contributed by atoms with van der Waals surface area (Å²) in [6.45, 7) is 4.39. The monoisotopic (exact) mass is 403 g/mol. The van der Waals surface area contributed by atoms with Gasteiger partial charge in [-0.3, -0.25) is 19.2 Å².